The number of nitrogen functional groups attached to an aromatic ring is 1. The Morgan fingerprint density at radius 2 is 2.04 bits per heavy atom. The average molecular weight is 378 g/mol. The van der Waals surface area contributed by atoms with E-state index in [1.807, 2.05) is 0 Å². The van der Waals surface area contributed by atoms with Crippen molar-refractivity contribution in [1.82, 2.24) is 25.0 Å². The standard InChI is InChI=1S/C16H19FN6O2S/c1-10(2)7-15-19-13(22-25-15)9-26-16-21-20-14(23(16)18)8-24-12-5-3-11(17)4-6-12/h3-6,10H,7-9,18H2,1-2H3. The molecule has 10 heteroatoms. The van der Waals surface area contributed by atoms with Crippen LogP contribution in [0.3, 0.4) is 0 Å². The highest BCUT2D eigenvalue weighted by atomic mass is 32.2. The van der Waals surface area contributed by atoms with Crippen LogP contribution in [0.2, 0.25) is 0 Å². The SMILES string of the molecule is CC(C)Cc1nc(CSc2nnc(COc3ccc(F)cc3)n2N)no1. The van der Waals surface area contributed by atoms with Gasteiger partial charge in [0.05, 0.1) is 5.75 Å². The Labute approximate surface area is 153 Å². The molecule has 0 bridgehead atoms. The molecule has 1 aromatic carbocycles. The molecule has 3 rings (SSSR count). The summed E-state index contributed by atoms with van der Waals surface area (Å²) in [4.78, 5) is 4.33. The Morgan fingerprint density at radius 1 is 1.27 bits per heavy atom. The van der Waals surface area contributed by atoms with Gasteiger partial charge in [0.2, 0.25) is 11.0 Å². The largest absolute Gasteiger partial charge is 0.486 e. The summed E-state index contributed by atoms with van der Waals surface area (Å²) in [6.07, 6.45) is 0.746. The maximum atomic E-state index is 12.9. The fourth-order valence-corrected chi connectivity index (χ4v) is 2.81. The van der Waals surface area contributed by atoms with Gasteiger partial charge in [-0.05, 0) is 30.2 Å². The molecular formula is C16H19FN6O2S. The van der Waals surface area contributed by atoms with E-state index < -0.39 is 0 Å². The summed E-state index contributed by atoms with van der Waals surface area (Å²) in [6.45, 7) is 4.30. The zero-order chi connectivity index (χ0) is 18.5. The minimum atomic E-state index is -0.323. The number of nitrogens with two attached hydrogens (primary N) is 1. The van der Waals surface area contributed by atoms with Crippen molar-refractivity contribution >= 4 is 11.8 Å². The summed E-state index contributed by atoms with van der Waals surface area (Å²) in [5.41, 5.74) is 0. The Bertz CT molecular complexity index is 849. The van der Waals surface area contributed by atoms with Gasteiger partial charge < -0.3 is 15.1 Å². The molecule has 26 heavy (non-hydrogen) atoms. The van der Waals surface area contributed by atoms with Gasteiger partial charge in [0.1, 0.15) is 18.2 Å². The number of thioether (sulfide) groups is 1. The predicted octanol–water partition coefficient (Wildman–Crippen LogP) is 2.58. The first kappa shape index (κ1) is 18.2. The van der Waals surface area contributed by atoms with E-state index in [2.05, 4.69) is 34.2 Å². The van der Waals surface area contributed by atoms with Gasteiger partial charge in [0, 0.05) is 6.42 Å². The quantitative estimate of drug-likeness (QED) is 0.471. The van der Waals surface area contributed by atoms with E-state index in [1.165, 1.54) is 40.7 Å². The maximum Gasteiger partial charge on any atom is 0.226 e. The van der Waals surface area contributed by atoms with Crippen LogP contribution in [-0.2, 0) is 18.8 Å². The van der Waals surface area contributed by atoms with Gasteiger partial charge in [0.15, 0.2) is 11.6 Å². The van der Waals surface area contributed by atoms with Crippen LogP contribution in [0.4, 0.5) is 4.39 Å². The van der Waals surface area contributed by atoms with E-state index in [9.17, 15) is 4.39 Å². The van der Waals surface area contributed by atoms with E-state index >= 15 is 0 Å². The molecule has 2 aromatic heterocycles. The van der Waals surface area contributed by atoms with Crippen LogP contribution >= 0.6 is 11.8 Å². The van der Waals surface area contributed by atoms with Crippen molar-refractivity contribution in [1.29, 1.82) is 0 Å². The number of nitrogens with zero attached hydrogens (tertiary/aromatic N) is 5. The number of hydrogen-bond acceptors (Lipinski definition) is 8. The van der Waals surface area contributed by atoms with Crippen molar-refractivity contribution in [2.45, 2.75) is 37.8 Å². The summed E-state index contributed by atoms with van der Waals surface area (Å²) in [5, 5.41) is 12.5. The fourth-order valence-electron chi connectivity index (χ4n) is 2.09. The topological polar surface area (TPSA) is 105 Å². The number of halogens is 1. The van der Waals surface area contributed by atoms with Crippen molar-refractivity contribution in [2.75, 3.05) is 5.84 Å². The van der Waals surface area contributed by atoms with Crippen LogP contribution in [0.1, 0.15) is 31.4 Å². The van der Waals surface area contributed by atoms with Crippen molar-refractivity contribution in [3.05, 3.63) is 47.6 Å². The normalized spacial score (nSPS) is 11.2. The molecule has 0 fully saturated rings. The lowest BCUT2D eigenvalue weighted by molar-refractivity contribution is 0.291. The molecule has 0 atom stereocenters. The number of hydrogen-bond donors (Lipinski definition) is 1. The lowest BCUT2D eigenvalue weighted by atomic mass is 10.1. The number of ether oxygens (including phenoxy) is 1. The summed E-state index contributed by atoms with van der Waals surface area (Å²) < 4.78 is 25.0. The molecule has 0 aliphatic heterocycles. The fraction of sp³-hybridized carbons (Fsp3) is 0.375. The molecule has 8 nitrogen and oxygen atoms in total. The molecule has 0 unspecified atom stereocenters. The van der Waals surface area contributed by atoms with Crippen LogP contribution < -0.4 is 10.6 Å². The van der Waals surface area contributed by atoms with Gasteiger partial charge in [-0.15, -0.1) is 10.2 Å². The van der Waals surface area contributed by atoms with Crippen molar-refractivity contribution in [3.8, 4) is 5.75 Å². The lowest BCUT2D eigenvalue weighted by Gasteiger charge is -2.06. The Hall–Kier alpha value is -2.62. The molecule has 3 aromatic rings. The highest BCUT2D eigenvalue weighted by Gasteiger charge is 2.14. The molecule has 0 radical (unpaired) electrons. The zero-order valence-corrected chi connectivity index (χ0v) is 15.2. The minimum Gasteiger partial charge on any atom is -0.486 e. The molecule has 0 amide bonds. The number of rotatable bonds is 8. The van der Waals surface area contributed by atoms with Crippen LogP contribution in [-0.4, -0.2) is 25.0 Å². The highest BCUT2D eigenvalue weighted by Crippen LogP contribution is 2.20. The van der Waals surface area contributed by atoms with Crippen molar-refractivity contribution in [3.63, 3.8) is 0 Å². The van der Waals surface area contributed by atoms with Gasteiger partial charge >= 0.3 is 0 Å². The monoisotopic (exact) mass is 378 g/mol. The van der Waals surface area contributed by atoms with Gasteiger partial charge in [-0.2, -0.15) is 4.98 Å². The van der Waals surface area contributed by atoms with Crippen molar-refractivity contribution < 1.29 is 13.7 Å². The lowest BCUT2D eigenvalue weighted by Crippen LogP contribution is -2.15. The van der Waals surface area contributed by atoms with Crippen LogP contribution in [0.25, 0.3) is 0 Å². The van der Waals surface area contributed by atoms with Gasteiger partial charge in [0.25, 0.3) is 0 Å². The van der Waals surface area contributed by atoms with Gasteiger partial charge in [-0.1, -0.05) is 30.8 Å². The smallest absolute Gasteiger partial charge is 0.226 e. The van der Waals surface area contributed by atoms with Crippen molar-refractivity contribution in [2.24, 2.45) is 5.92 Å². The van der Waals surface area contributed by atoms with Crippen LogP contribution in [0, 0.1) is 11.7 Å². The molecular weight excluding hydrogens is 359 g/mol. The van der Waals surface area contributed by atoms with E-state index in [0.29, 0.717) is 40.1 Å². The third-order valence-electron chi connectivity index (χ3n) is 3.34. The molecule has 138 valence electrons. The van der Waals surface area contributed by atoms with Crippen LogP contribution in [0.5, 0.6) is 5.75 Å². The zero-order valence-electron chi connectivity index (χ0n) is 14.4. The summed E-state index contributed by atoms with van der Waals surface area (Å²) >= 11 is 1.35. The van der Waals surface area contributed by atoms with E-state index in [1.54, 1.807) is 0 Å². The highest BCUT2D eigenvalue weighted by molar-refractivity contribution is 7.98. The first-order valence-electron chi connectivity index (χ1n) is 8.03. The predicted molar refractivity (Wildman–Crippen MR) is 93.3 cm³/mol. The Kier molecular flexibility index (Phi) is 5.71. The Balaban J connectivity index is 1.55. The molecule has 0 aliphatic carbocycles. The molecule has 0 saturated heterocycles. The summed E-state index contributed by atoms with van der Waals surface area (Å²) in [6, 6.07) is 5.71. The second-order valence-electron chi connectivity index (χ2n) is 6.00. The molecule has 2 heterocycles. The van der Waals surface area contributed by atoms with E-state index in [4.69, 9.17) is 15.1 Å². The molecule has 0 aliphatic rings. The average Bonchev–Trinajstić information content (AvgIpc) is 3.19. The first-order valence-corrected chi connectivity index (χ1v) is 9.02. The maximum absolute atomic E-state index is 12.9. The van der Waals surface area contributed by atoms with E-state index in [0.717, 1.165) is 6.42 Å². The van der Waals surface area contributed by atoms with Crippen LogP contribution in [0.15, 0.2) is 33.9 Å². The molecule has 2 N–H and O–H groups in total. The van der Waals surface area contributed by atoms with Gasteiger partial charge in [-0.3, -0.25) is 0 Å². The second-order valence-corrected chi connectivity index (χ2v) is 6.94. The summed E-state index contributed by atoms with van der Waals surface area (Å²) in [5.74, 6) is 8.76. The first-order chi connectivity index (χ1) is 12.5. The number of benzene rings is 1. The number of aromatic nitrogens is 5. The molecule has 0 saturated carbocycles. The molecule has 0 spiro atoms. The van der Waals surface area contributed by atoms with E-state index in [-0.39, 0.29) is 12.4 Å². The summed E-state index contributed by atoms with van der Waals surface area (Å²) in [7, 11) is 0. The van der Waals surface area contributed by atoms with Gasteiger partial charge in [-0.25, -0.2) is 9.07 Å². The third-order valence-corrected chi connectivity index (χ3v) is 4.28. The second kappa shape index (κ2) is 8.17. The third kappa shape index (κ3) is 4.72. The minimum absolute atomic E-state index is 0.121. The Morgan fingerprint density at radius 3 is 2.77 bits per heavy atom.